The van der Waals surface area contributed by atoms with Gasteiger partial charge in [0.05, 0.1) is 11.6 Å². The van der Waals surface area contributed by atoms with Crippen LogP contribution in [0.3, 0.4) is 0 Å². The van der Waals surface area contributed by atoms with Crippen molar-refractivity contribution in [3.8, 4) is 5.75 Å². The number of ketones is 1. The van der Waals surface area contributed by atoms with E-state index >= 15 is 0 Å². The average Bonchev–Trinajstić information content (AvgIpc) is 3.35. The second kappa shape index (κ2) is 8.98. The van der Waals surface area contributed by atoms with Gasteiger partial charge in [-0.05, 0) is 52.8 Å². The van der Waals surface area contributed by atoms with Crippen LogP contribution in [0.1, 0.15) is 61.6 Å². The molecule has 0 aliphatic carbocycles. The molecule has 2 atom stereocenters. The van der Waals surface area contributed by atoms with Gasteiger partial charge in [-0.15, -0.1) is 0 Å². The molecule has 1 saturated heterocycles. The van der Waals surface area contributed by atoms with Crippen LogP contribution in [0.15, 0.2) is 78.4 Å². The lowest BCUT2D eigenvalue weighted by molar-refractivity contribution is -0.140. The fraction of sp³-hybridized carbons (Fsp3) is 0.290. The van der Waals surface area contributed by atoms with E-state index < -0.39 is 17.7 Å². The van der Waals surface area contributed by atoms with Crippen LogP contribution in [0.25, 0.3) is 5.76 Å². The van der Waals surface area contributed by atoms with Crippen molar-refractivity contribution >= 4 is 17.4 Å². The number of benzene rings is 3. The molecular formula is C31H31NO4. The summed E-state index contributed by atoms with van der Waals surface area (Å²) in [5, 5.41) is 11.4. The van der Waals surface area contributed by atoms with Crippen LogP contribution in [-0.2, 0) is 28.0 Å². The Kier molecular flexibility index (Phi) is 5.95. The number of hydrogen-bond donors (Lipinski definition) is 1. The van der Waals surface area contributed by atoms with Crippen molar-refractivity contribution < 1.29 is 19.4 Å². The first-order chi connectivity index (χ1) is 17.1. The molecule has 1 amide bonds. The molecule has 0 saturated carbocycles. The number of amides is 1. The van der Waals surface area contributed by atoms with Crippen LogP contribution in [0.2, 0.25) is 0 Å². The summed E-state index contributed by atoms with van der Waals surface area (Å²) in [5.41, 5.74) is 4.44. The zero-order chi connectivity index (χ0) is 25.6. The van der Waals surface area contributed by atoms with Gasteiger partial charge in [0.1, 0.15) is 17.6 Å². The maximum absolute atomic E-state index is 13.4. The van der Waals surface area contributed by atoms with Crippen LogP contribution in [0, 0.1) is 0 Å². The van der Waals surface area contributed by atoms with E-state index in [1.54, 1.807) is 11.0 Å². The molecule has 0 aromatic heterocycles. The number of aliphatic hydroxyl groups excluding tert-OH is 1. The minimum atomic E-state index is -0.692. The van der Waals surface area contributed by atoms with Crippen LogP contribution < -0.4 is 4.74 Å². The highest BCUT2D eigenvalue weighted by molar-refractivity contribution is 6.46. The van der Waals surface area contributed by atoms with Crippen LogP contribution >= 0.6 is 0 Å². The Bertz CT molecular complexity index is 1350. The number of hydrogen-bond acceptors (Lipinski definition) is 4. The molecule has 5 nitrogen and oxygen atoms in total. The fourth-order valence-corrected chi connectivity index (χ4v) is 5.06. The molecule has 1 fully saturated rings. The summed E-state index contributed by atoms with van der Waals surface area (Å²) in [6.07, 6.45) is 0.798. The fourth-order valence-electron chi connectivity index (χ4n) is 5.06. The SMILES string of the molecule is C[C@H]1Cc2cc(C(O)=C3C(=O)C(=O)N(Cc4ccccc4)[C@@H]3c3ccc(C(C)(C)C)cc3)ccc2O1. The smallest absolute Gasteiger partial charge is 0.295 e. The largest absolute Gasteiger partial charge is 0.507 e. The van der Waals surface area contributed by atoms with E-state index in [9.17, 15) is 14.7 Å². The first kappa shape index (κ1) is 23.9. The number of aliphatic hydroxyl groups is 1. The summed E-state index contributed by atoms with van der Waals surface area (Å²) in [6.45, 7) is 8.69. The van der Waals surface area contributed by atoms with Crippen molar-refractivity contribution in [1.82, 2.24) is 4.90 Å². The standard InChI is InChI=1S/C31H31NO4/c1-19-16-23-17-22(12-15-25(23)36-19)28(33)26-27(21-10-13-24(14-11-21)31(2,3)4)32(30(35)29(26)34)18-20-8-6-5-7-9-20/h5-15,17,19,27,33H,16,18H2,1-4H3/t19-,27+/m0/s1. The number of ether oxygens (including phenoxy) is 1. The number of rotatable bonds is 4. The second-order valence-corrected chi connectivity index (χ2v) is 10.7. The summed E-state index contributed by atoms with van der Waals surface area (Å²) in [5.74, 6) is -0.643. The van der Waals surface area contributed by atoms with Crippen LogP contribution in [-0.4, -0.2) is 27.8 Å². The van der Waals surface area contributed by atoms with Crippen molar-refractivity contribution in [2.24, 2.45) is 0 Å². The third kappa shape index (κ3) is 4.30. The van der Waals surface area contributed by atoms with E-state index in [2.05, 4.69) is 20.8 Å². The Morgan fingerprint density at radius 1 is 1.00 bits per heavy atom. The summed E-state index contributed by atoms with van der Waals surface area (Å²) in [4.78, 5) is 28.3. The molecule has 2 heterocycles. The predicted octanol–water partition coefficient (Wildman–Crippen LogP) is 5.93. The molecule has 0 spiro atoms. The lowest BCUT2D eigenvalue weighted by Crippen LogP contribution is -2.29. The quantitative estimate of drug-likeness (QED) is 0.285. The number of nitrogens with zero attached hydrogens (tertiary/aromatic N) is 1. The van der Waals surface area contributed by atoms with E-state index in [4.69, 9.17) is 4.74 Å². The number of carbonyl (C=O) groups excluding carboxylic acids is 2. The Balaban J connectivity index is 1.62. The molecule has 2 aliphatic heterocycles. The molecular weight excluding hydrogens is 450 g/mol. The van der Waals surface area contributed by atoms with Gasteiger partial charge in [0.15, 0.2) is 0 Å². The highest BCUT2D eigenvalue weighted by atomic mass is 16.5. The number of carbonyl (C=O) groups is 2. The third-order valence-electron chi connectivity index (χ3n) is 7.00. The van der Waals surface area contributed by atoms with Crippen molar-refractivity contribution in [2.45, 2.75) is 58.2 Å². The monoisotopic (exact) mass is 481 g/mol. The van der Waals surface area contributed by atoms with Gasteiger partial charge in [-0.2, -0.15) is 0 Å². The van der Waals surface area contributed by atoms with Gasteiger partial charge < -0.3 is 14.7 Å². The van der Waals surface area contributed by atoms with Gasteiger partial charge >= 0.3 is 0 Å². The summed E-state index contributed by atoms with van der Waals surface area (Å²) >= 11 is 0. The Hall–Kier alpha value is -3.86. The number of fused-ring (bicyclic) bond motifs is 1. The van der Waals surface area contributed by atoms with Crippen molar-refractivity contribution in [3.05, 3.63) is 106 Å². The van der Waals surface area contributed by atoms with Crippen molar-refractivity contribution in [3.63, 3.8) is 0 Å². The van der Waals surface area contributed by atoms with Crippen molar-refractivity contribution in [2.75, 3.05) is 0 Å². The highest BCUT2D eigenvalue weighted by Crippen LogP contribution is 2.41. The molecule has 0 radical (unpaired) electrons. The second-order valence-electron chi connectivity index (χ2n) is 10.7. The minimum absolute atomic E-state index is 0.0337. The number of likely N-dealkylation sites (tertiary alicyclic amines) is 1. The van der Waals surface area contributed by atoms with Gasteiger partial charge in [0, 0.05) is 18.5 Å². The van der Waals surface area contributed by atoms with E-state index in [0.717, 1.165) is 34.4 Å². The van der Waals surface area contributed by atoms with Crippen LogP contribution in [0.4, 0.5) is 0 Å². The van der Waals surface area contributed by atoms with E-state index in [1.807, 2.05) is 73.7 Å². The molecule has 1 N–H and O–H groups in total. The van der Waals surface area contributed by atoms with Gasteiger partial charge in [-0.3, -0.25) is 9.59 Å². The predicted molar refractivity (Wildman–Crippen MR) is 140 cm³/mol. The van der Waals surface area contributed by atoms with E-state index in [0.29, 0.717) is 5.56 Å². The zero-order valence-corrected chi connectivity index (χ0v) is 21.1. The lowest BCUT2D eigenvalue weighted by atomic mass is 9.85. The van der Waals surface area contributed by atoms with E-state index in [1.165, 1.54) is 0 Å². The minimum Gasteiger partial charge on any atom is -0.507 e. The molecule has 3 aromatic rings. The Morgan fingerprint density at radius 2 is 1.69 bits per heavy atom. The van der Waals surface area contributed by atoms with Gasteiger partial charge in [0.2, 0.25) is 0 Å². The summed E-state index contributed by atoms with van der Waals surface area (Å²) in [6, 6.07) is 22.3. The molecule has 5 rings (SSSR count). The first-order valence-corrected chi connectivity index (χ1v) is 12.4. The van der Waals surface area contributed by atoms with E-state index in [-0.39, 0.29) is 29.4 Å². The molecule has 36 heavy (non-hydrogen) atoms. The lowest BCUT2D eigenvalue weighted by Gasteiger charge is -2.26. The molecule has 2 aliphatic rings. The first-order valence-electron chi connectivity index (χ1n) is 12.4. The zero-order valence-electron chi connectivity index (χ0n) is 21.1. The van der Waals surface area contributed by atoms with Crippen molar-refractivity contribution in [1.29, 1.82) is 0 Å². The maximum atomic E-state index is 13.4. The molecule has 5 heteroatoms. The Labute approximate surface area is 212 Å². The highest BCUT2D eigenvalue weighted by Gasteiger charge is 2.46. The number of Topliss-reactive ketones (excluding diaryl/α,β-unsaturated/α-hetero) is 1. The molecule has 3 aromatic carbocycles. The Morgan fingerprint density at radius 3 is 2.36 bits per heavy atom. The summed E-state index contributed by atoms with van der Waals surface area (Å²) in [7, 11) is 0. The molecule has 0 unspecified atom stereocenters. The van der Waals surface area contributed by atoms with Gasteiger partial charge in [-0.25, -0.2) is 0 Å². The molecule has 184 valence electrons. The topological polar surface area (TPSA) is 66.8 Å². The average molecular weight is 482 g/mol. The molecule has 0 bridgehead atoms. The third-order valence-corrected chi connectivity index (χ3v) is 7.00. The summed E-state index contributed by atoms with van der Waals surface area (Å²) < 4.78 is 5.79. The maximum Gasteiger partial charge on any atom is 0.295 e. The van der Waals surface area contributed by atoms with Gasteiger partial charge in [-0.1, -0.05) is 75.4 Å². The van der Waals surface area contributed by atoms with Gasteiger partial charge in [0.25, 0.3) is 11.7 Å². The normalized spacial score (nSPS) is 20.9. The van der Waals surface area contributed by atoms with Crippen LogP contribution in [0.5, 0.6) is 5.75 Å².